The van der Waals surface area contributed by atoms with Gasteiger partial charge in [0.1, 0.15) is 0 Å². The highest BCUT2D eigenvalue weighted by molar-refractivity contribution is 5.49. The van der Waals surface area contributed by atoms with Crippen LogP contribution in [0.2, 0.25) is 0 Å². The van der Waals surface area contributed by atoms with Gasteiger partial charge in [0.25, 0.3) is 0 Å². The molecule has 1 aromatic carbocycles. The summed E-state index contributed by atoms with van der Waals surface area (Å²) in [7, 11) is 5.33. The van der Waals surface area contributed by atoms with E-state index in [0.717, 1.165) is 24.0 Å². The van der Waals surface area contributed by atoms with Crippen LogP contribution in [0.5, 0.6) is 11.5 Å². The number of rotatable bonds is 5. The molecule has 1 fully saturated rings. The molecule has 0 saturated heterocycles. The van der Waals surface area contributed by atoms with Crippen molar-refractivity contribution in [3.05, 3.63) is 23.3 Å². The van der Waals surface area contributed by atoms with Crippen LogP contribution in [0.4, 0.5) is 0 Å². The molecule has 3 heteroatoms. The molecular formula is C13H19NO2. The summed E-state index contributed by atoms with van der Waals surface area (Å²) in [4.78, 5) is 0. The molecule has 0 spiro atoms. The third-order valence-corrected chi connectivity index (χ3v) is 3.03. The Bertz CT molecular complexity index is 372. The maximum Gasteiger partial charge on any atom is 0.161 e. The van der Waals surface area contributed by atoms with E-state index in [1.807, 2.05) is 7.05 Å². The summed E-state index contributed by atoms with van der Waals surface area (Å²) in [6.45, 7) is 0.881. The second-order valence-electron chi connectivity index (χ2n) is 4.21. The highest BCUT2D eigenvalue weighted by Gasteiger charge is 2.27. The largest absolute Gasteiger partial charge is 0.493 e. The van der Waals surface area contributed by atoms with Gasteiger partial charge < -0.3 is 14.8 Å². The van der Waals surface area contributed by atoms with E-state index in [4.69, 9.17) is 9.47 Å². The highest BCUT2D eigenvalue weighted by Crippen LogP contribution is 2.45. The van der Waals surface area contributed by atoms with Gasteiger partial charge in [-0.2, -0.15) is 0 Å². The number of hydrogen-bond acceptors (Lipinski definition) is 3. The third-order valence-electron chi connectivity index (χ3n) is 3.03. The Morgan fingerprint density at radius 1 is 1.19 bits per heavy atom. The first-order chi connectivity index (χ1) is 7.80. The summed E-state index contributed by atoms with van der Waals surface area (Å²) in [5.41, 5.74) is 2.73. The van der Waals surface area contributed by atoms with Crippen molar-refractivity contribution >= 4 is 0 Å². The van der Waals surface area contributed by atoms with Gasteiger partial charge in [-0.05, 0) is 49.1 Å². The number of methoxy groups -OCH3 is 2. The zero-order valence-corrected chi connectivity index (χ0v) is 10.2. The second-order valence-corrected chi connectivity index (χ2v) is 4.21. The Labute approximate surface area is 96.8 Å². The van der Waals surface area contributed by atoms with Crippen LogP contribution in [0, 0.1) is 0 Å². The molecule has 0 atom stereocenters. The quantitative estimate of drug-likeness (QED) is 0.827. The van der Waals surface area contributed by atoms with E-state index in [1.54, 1.807) is 14.2 Å². The maximum absolute atomic E-state index is 5.34. The molecule has 88 valence electrons. The van der Waals surface area contributed by atoms with Crippen molar-refractivity contribution in [1.29, 1.82) is 0 Å². The number of nitrogens with one attached hydrogen (secondary N) is 1. The van der Waals surface area contributed by atoms with E-state index < -0.39 is 0 Å². The van der Waals surface area contributed by atoms with Crippen LogP contribution in [-0.2, 0) is 6.54 Å². The van der Waals surface area contributed by atoms with Crippen molar-refractivity contribution in [3.63, 3.8) is 0 Å². The van der Waals surface area contributed by atoms with E-state index >= 15 is 0 Å². The van der Waals surface area contributed by atoms with E-state index in [9.17, 15) is 0 Å². The lowest BCUT2D eigenvalue weighted by molar-refractivity contribution is 0.354. The summed E-state index contributed by atoms with van der Waals surface area (Å²) in [6, 6.07) is 4.21. The Morgan fingerprint density at radius 3 is 2.31 bits per heavy atom. The van der Waals surface area contributed by atoms with Crippen molar-refractivity contribution in [1.82, 2.24) is 5.32 Å². The average Bonchev–Trinajstić information content (AvgIpc) is 3.13. The van der Waals surface area contributed by atoms with Gasteiger partial charge in [-0.3, -0.25) is 0 Å². The van der Waals surface area contributed by atoms with Crippen molar-refractivity contribution in [2.75, 3.05) is 21.3 Å². The van der Waals surface area contributed by atoms with Crippen LogP contribution < -0.4 is 14.8 Å². The molecule has 0 heterocycles. The summed E-state index contributed by atoms with van der Waals surface area (Å²) >= 11 is 0. The van der Waals surface area contributed by atoms with Crippen LogP contribution in [0.15, 0.2) is 12.1 Å². The minimum Gasteiger partial charge on any atom is -0.493 e. The van der Waals surface area contributed by atoms with Crippen LogP contribution in [0.25, 0.3) is 0 Å². The average molecular weight is 221 g/mol. The molecule has 1 saturated carbocycles. The van der Waals surface area contributed by atoms with Gasteiger partial charge in [-0.1, -0.05) is 0 Å². The summed E-state index contributed by atoms with van der Waals surface area (Å²) in [6.07, 6.45) is 2.60. The van der Waals surface area contributed by atoms with Gasteiger partial charge in [0.05, 0.1) is 14.2 Å². The molecule has 2 rings (SSSR count). The number of hydrogen-bond donors (Lipinski definition) is 1. The zero-order chi connectivity index (χ0) is 11.5. The van der Waals surface area contributed by atoms with Gasteiger partial charge in [0.2, 0.25) is 0 Å². The Balaban J connectivity index is 2.40. The summed E-state index contributed by atoms with van der Waals surface area (Å²) in [5.74, 6) is 2.38. The fourth-order valence-electron chi connectivity index (χ4n) is 2.05. The highest BCUT2D eigenvalue weighted by atomic mass is 16.5. The molecule has 0 aromatic heterocycles. The van der Waals surface area contributed by atoms with Crippen molar-refractivity contribution in [2.45, 2.75) is 25.3 Å². The van der Waals surface area contributed by atoms with E-state index in [1.165, 1.54) is 24.0 Å². The molecule has 0 aliphatic heterocycles. The standard InChI is InChI=1S/C13H19NO2/c1-14-8-10-6-12(15-2)13(16-3)7-11(10)9-4-5-9/h6-7,9,14H,4-5,8H2,1-3H3. The Hall–Kier alpha value is -1.22. The fraction of sp³-hybridized carbons (Fsp3) is 0.538. The zero-order valence-electron chi connectivity index (χ0n) is 10.2. The van der Waals surface area contributed by atoms with Gasteiger partial charge >= 0.3 is 0 Å². The van der Waals surface area contributed by atoms with Crippen LogP contribution in [0.1, 0.15) is 29.9 Å². The molecular weight excluding hydrogens is 202 g/mol. The first-order valence-corrected chi connectivity index (χ1v) is 5.69. The lowest BCUT2D eigenvalue weighted by Gasteiger charge is -2.14. The molecule has 0 unspecified atom stereocenters. The minimum atomic E-state index is 0.725. The predicted octanol–water partition coefficient (Wildman–Crippen LogP) is 2.30. The number of benzene rings is 1. The predicted molar refractivity (Wildman–Crippen MR) is 64.3 cm³/mol. The van der Waals surface area contributed by atoms with Gasteiger partial charge in [-0.25, -0.2) is 0 Å². The van der Waals surface area contributed by atoms with Crippen molar-refractivity contribution < 1.29 is 9.47 Å². The fourth-order valence-corrected chi connectivity index (χ4v) is 2.05. The third kappa shape index (κ3) is 2.14. The van der Waals surface area contributed by atoms with Gasteiger partial charge in [0, 0.05) is 6.54 Å². The van der Waals surface area contributed by atoms with E-state index in [0.29, 0.717) is 0 Å². The molecule has 1 aromatic rings. The topological polar surface area (TPSA) is 30.5 Å². The van der Waals surface area contributed by atoms with Gasteiger partial charge in [0.15, 0.2) is 11.5 Å². The first-order valence-electron chi connectivity index (χ1n) is 5.69. The monoisotopic (exact) mass is 221 g/mol. The first kappa shape index (κ1) is 11.3. The van der Waals surface area contributed by atoms with Crippen molar-refractivity contribution in [3.8, 4) is 11.5 Å². The maximum atomic E-state index is 5.34. The Morgan fingerprint density at radius 2 is 1.81 bits per heavy atom. The molecule has 0 bridgehead atoms. The van der Waals surface area contributed by atoms with Gasteiger partial charge in [-0.15, -0.1) is 0 Å². The normalized spacial score (nSPS) is 14.9. The molecule has 16 heavy (non-hydrogen) atoms. The van der Waals surface area contributed by atoms with Crippen molar-refractivity contribution in [2.24, 2.45) is 0 Å². The van der Waals surface area contributed by atoms with Crippen LogP contribution in [0.3, 0.4) is 0 Å². The lowest BCUT2D eigenvalue weighted by atomic mass is 10.0. The lowest BCUT2D eigenvalue weighted by Crippen LogP contribution is -2.08. The summed E-state index contributed by atoms with van der Waals surface area (Å²) in [5, 5.41) is 3.20. The molecule has 0 amide bonds. The molecule has 0 radical (unpaired) electrons. The second kappa shape index (κ2) is 4.74. The van der Waals surface area contributed by atoms with E-state index in [-0.39, 0.29) is 0 Å². The SMILES string of the molecule is CNCc1cc(OC)c(OC)cc1C1CC1. The summed E-state index contributed by atoms with van der Waals surface area (Å²) < 4.78 is 10.7. The molecule has 3 nitrogen and oxygen atoms in total. The number of ether oxygens (including phenoxy) is 2. The molecule has 1 aliphatic carbocycles. The Kier molecular flexibility index (Phi) is 3.34. The smallest absolute Gasteiger partial charge is 0.161 e. The van der Waals surface area contributed by atoms with E-state index in [2.05, 4.69) is 17.4 Å². The molecule has 1 aliphatic rings. The molecule has 1 N–H and O–H groups in total. The van der Waals surface area contributed by atoms with Crippen LogP contribution >= 0.6 is 0 Å². The minimum absolute atomic E-state index is 0.725. The van der Waals surface area contributed by atoms with Crippen LogP contribution in [-0.4, -0.2) is 21.3 Å².